The average Bonchev–Trinajstić information content (AvgIpc) is 3.47. The number of rotatable bonds is 6. The van der Waals surface area contributed by atoms with E-state index in [2.05, 4.69) is 16.0 Å². The lowest BCUT2D eigenvalue weighted by Gasteiger charge is -2.17. The predicted molar refractivity (Wildman–Crippen MR) is 98.7 cm³/mol. The fourth-order valence-electron chi connectivity index (χ4n) is 2.81. The molecule has 1 aliphatic rings. The topological polar surface area (TPSA) is 70.2 Å². The minimum absolute atomic E-state index is 0.140. The van der Waals surface area contributed by atoms with Gasteiger partial charge in [0.05, 0.1) is 12.2 Å². The molecule has 0 aromatic heterocycles. The van der Waals surface area contributed by atoms with E-state index in [1.54, 1.807) is 12.1 Å². The van der Waals surface area contributed by atoms with E-state index >= 15 is 0 Å². The van der Waals surface area contributed by atoms with E-state index < -0.39 is 41.6 Å². The first-order valence-corrected chi connectivity index (χ1v) is 8.90. The van der Waals surface area contributed by atoms with E-state index in [1.807, 2.05) is 12.1 Å². The number of urea groups is 1. The number of carbonyl (C=O) groups excluding carboxylic acids is 2. The smallest absolute Gasteiger partial charge is 0.315 e. The van der Waals surface area contributed by atoms with E-state index in [4.69, 9.17) is 11.6 Å². The number of carbonyl (C=O) groups is 2. The van der Waals surface area contributed by atoms with Crippen LogP contribution in [-0.4, -0.2) is 25.0 Å². The summed E-state index contributed by atoms with van der Waals surface area (Å²) in [6.07, 6.45) is 1.84. The number of halogens is 4. The Bertz CT molecular complexity index is 902. The third-order valence-corrected chi connectivity index (χ3v) is 4.87. The van der Waals surface area contributed by atoms with Crippen LogP contribution in [0.5, 0.6) is 0 Å². The summed E-state index contributed by atoms with van der Waals surface area (Å²) in [6.45, 7) is -0.0713. The van der Waals surface area contributed by atoms with Gasteiger partial charge in [-0.3, -0.25) is 4.79 Å². The third kappa shape index (κ3) is 4.56. The second kappa shape index (κ2) is 8.10. The molecule has 2 aromatic rings. The van der Waals surface area contributed by atoms with Crippen LogP contribution in [0.3, 0.4) is 0 Å². The first-order chi connectivity index (χ1) is 13.3. The predicted octanol–water partition coefficient (Wildman–Crippen LogP) is 3.73. The normalized spacial score (nSPS) is 14.3. The molecule has 0 bridgehead atoms. The third-order valence-electron chi connectivity index (χ3n) is 4.62. The van der Waals surface area contributed by atoms with E-state index in [0.29, 0.717) is 17.6 Å². The summed E-state index contributed by atoms with van der Waals surface area (Å²) < 4.78 is 39.6. The van der Waals surface area contributed by atoms with Gasteiger partial charge in [0.25, 0.3) is 0 Å². The molecule has 0 unspecified atom stereocenters. The maximum Gasteiger partial charge on any atom is 0.315 e. The van der Waals surface area contributed by atoms with Gasteiger partial charge in [-0.1, -0.05) is 23.7 Å². The number of nitrogens with one attached hydrogen (secondary N) is 3. The molecule has 0 aliphatic heterocycles. The summed E-state index contributed by atoms with van der Waals surface area (Å²) in [5.41, 5.74) is 0.424. The van der Waals surface area contributed by atoms with Crippen LogP contribution in [0, 0.1) is 17.5 Å². The Morgan fingerprint density at radius 1 is 0.964 bits per heavy atom. The molecule has 5 nitrogen and oxygen atoms in total. The van der Waals surface area contributed by atoms with Gasteiger partial charge < -0.3 is 16.0 Å². The quantitative estimate of drug-likeness (QED) is 0.634. The van der Waals surface area contributed by atoms with Crippen molar-refractivity contribution in [2.75, 3.05) is 18.4 Å². The summed E-state index contributed by atoms with van der Waals surface area (Å²) >= 11 is 5.88. The van der Waals surface area contributed by atoms with Gasteiger partial charge >= 0.3 is 6.03 Å². The fourth-order valence-corrected chi connectivity index (χ4v) is 2.94. The molecule has 0 heterocycles. The van der Waals surface area contributed by atoms with Crippen molar-refractivity contribution < 1.29 is 22.8 Å². The molecule has 0 spiro atoms. The summed E-state index contributed by atoms with van der Waals surface area (Å²) in [5.74, 6) is -5.32. The Morgan fingerprint density at radius 2 is 1.64 bits per heavy atom. The average molecular weight is 412 g/mol. The van der Waals surface area contributed by atoms with E-state index in [9.17, 15) is 22.8 Å². The number of amides is 3. The number of benzene rings is 2. The zero-order chi connectivity index (χ0) is 20.3. The van der Waals surface area contributed by atoms with Crippen LogP contribution in [0.2, 0.25) is 5.02 Å². The van der Waals surface area contributed by atoms with Crippen LogP contribution in [0.1, 0.15) is 18.4 Å². The lowest BCUT2D eigenvalue weighted by molar-refractivity contribution is -0.115. The summed E-state index contributed by atoms with van der Waals surface area (Å²) in [5, 5.41) is 7.74. The van der Waals surface area contributed by atoms with Crippen molar-refractivity contribution in [2.24, 2.45) is 0 Å². The molecule has 28 heavy (non-hydrogen) atoms. The minimum Gasteiger partial charge on any atom is -0.337 e. The van der Waals surface area contributed by atoms with Crippen molar-refractivity contribution in [1.29, 1.82) is 0 Å². The standard InChI is InChI=1S/C19H17ClF3N3O2/c20-12-3-1-11(2-4-12)19(7-8-19)10-25-18(28)24-9-15(27)26-14-6-5-13(21)16(22)17(14)23/h1-6H,7-10H2,(H,26,27)(H2,24,25,28). The van der Waals surface area contributed by atoms with Crippen LogP contribution < -0.4 is 16.0 Å². The molecule has 1 saturated carbocycles. The van der Waals surface area contributed by atoms with Crippen molar-refractivity contribution in [3.63, 3.8) is 0 Å². The van der Waals surface area contributed by atoms with Gasteiger partial charge in [0.2, 0.25) is 5.91 Å². The molecular weight excluding hydrogens is 395 g/mol. The minimum atomic E-state index is -1.68. The zero-order valence-corrected chi connectivity index (χ0v) is 15.4. The highest BCUT2D eigenvalue weighted by Gasteiger charge is 2.44. The second-order valence-corrected chi connectivity index (χ2v) is 7.03. The highest BCUT2D eigenvalue weighted by Crippen LogP contribution is 2.47. The van der Waals surface area contributed by atoms with Crippen molar-refractivity contribution in [3.8, 4) is 0 Å². The molecular formula is C19H17ClF3N3O2. The monoisotopic (exact) mass is 411 g/mol. The van der Waals surface area contributed by atoms with E-state index in [1.165, 1.54) is 0 Å². The lowest BCUT2D eigenvalue weighted by atomic mass is 9.96. The van der Waals surface area contributed by atoms with Gasteiger partial charge in [0.1, 0.15) is 0 Å². The highest BCUT2D eigenvalue weighted by atomic mass is 35.5. The second-order valence-electron chi connectivity index (χ2n) is 6.59. The van der Waals surface area contributed by atoms with Gasteiger partial charge in [-0.2, -0.15) is 0 Å². The Hall–Kier alpha value is -2.74. The maximum absolute atomic E-state index is 13.5. The molecule has 9 heteroatoms. The Balaban J connectivity index is 1.46. The van der Waals surface area contributed by atoms with Gasteiger partial charge in [-0.15, -0.1) is 0 Å². The van der Waals surface area contributed by atoms with E-state index in [0.717, 1.165) is 24.5 Å². The lowest BCUT2D eigenvalue weighted by Crippen LogP contribution is -2.42. The highest BCUT2D eigenvalue weighted by molar-refractivity contribution is 6.30. The molecule has 0 saturated heterocycles. The SMILES string of the molecule is O=C(CNC(=O)NCC1(c2ccc(Cl)cc2)CC1)Nc1ccc(F)c(F)c1F. The van der Waals surface area contributed by atoms with Crippen LogP contribution in [0.4, 0.5) is 23.7 Å². The molecule has 3 amide bonds. The number of hydrogen-bond donors (Lipinski definition) is 3. The molecule has 3 N–H and O–H groups in total. The van der Waals surface area contributed by atoms with Gasteiger partial charge in [-0.05, 0) is 42.7 Å². The Morgan fingerprint density at radius 3 is 2.29 bits per heavy atom. The van der Waals surface area contributed by atoms with Crippen molar-refractivity contribution in [1.82, 2.24) is 10.6 Å². The summed E-state index contributed by atoms with van der Waals surface area (Å²) in [4.78, 5) is 23.7. The molecule has 3 rings (SSSR count). The molecule has 1 fully saturated rings. The van der Waals surface area contributed by atoms with Crippen LogP contribution in [-0.2, 0) is 10.2 Å². The molecule has 148 valence electrons. The Labute approximate surface area is 164 Å². The fraction of sp³-hybridized carbons (Fsp3) is 0.263. The molecule has 1 aliphatic carbocycles. The first-order valence-electron chi connectivity index (χ1n) is 8.52. The van der Waals surface area contributed by atoms with Crippen molar-refractivity contribution >= 4 is 29.2 Å². The van der Waals surface area contributed by atoms with Gasteiger partial charge in [0, 0.05) is 17.0 Å². The van der Waals surface area contributed by atoms with E-state index in [-0.39, 0.29) is 5.41 Å². The van der Waals surface area contributed by atoms with Crippen molar-refractivity contribution in [2.45, 2.75) is 18.3 Å². The van der Waals surface area contributed by atoms with Crippen LogP contribution >= 0.6 is 11.6 Å². The summed E-state index contributed by atoms with van der Waals surface area (Å²) in [6, 6.07) is 8.44. The van der Waals surface area contributed by atoms with Crippen LogP contribution in [0.15, 0.2) is 36.4 Å². The summed E-state index contributed by atoms with van der Waals surface area (Å²) in [7, 11) is 0. The molecule has 0 atom stereocenters. The first kappa shape index (κ1) is 20.0. The Kier molecular flexibility index (Phi) is 5.79. The van der Waals surface area contributed by atoms with Crippen molar-refractivity contribution in [3.05, 3.63) is 64.4 Å². The molecule has 2 aromatic carbocycles. The largest absolute Gasteiger partial charge is 0.337 e. The van der Waals surface area contributed by atoms with Gasteiger partial charge in [0.15, 0.2) is 17.5 Å². The van der Waals surface area contributed by atoms with Gasteiger partial charge in [-0.25, -0.2) is 18.0 Å². The number of anilines is 1. The van der Waals surface area contributed by atoms with Crippen LogP contribution in [0.25, 0.3) is 0 Å². The zero-order valence-electron chi connectivity index (χ0n) is 14.6. The number of hydrogen-bond acceptors (Lipinski definition) is 2. The molecule has 0 radical (unpaired) electrons. The maximum atomic E-state index is 13.5.